The molecule has 1 aliphatic heterocycles. The molecule has 0 spiro atoms. The van der Waals surface area contributed by atoms with Crippen LogP contribution in [-0.2, 0) is 0 Å². The number of hydrogen-bond acceptors (Lipinski definition) is 4. The van der Waals surface area contributed by atoms with Crippen molar-refractivity contribution in [2.24, 2.45) is 0 Å². The third-order valence-corrected chi connectivity index (χ3v) is 3.09. The van der Waals surface area contributed by atoms with Crippen LogP contribution < -0.4 is 9.47 Å². The normalized spacial score (nSPS) is 12.8. The van der Waals surface area contributed by atoms with Crippen molar-refractivity contribution in [3.8, 4) is 23.0 Å². The van der Waals surface area contributed by atoms with Crippen LogP contribution >= 0.6 is 0 Å². The lowest BCUT2D eigenvalue weighted by Gasteiger charge is -2.18. The summed E-state index contributed by atoms with van der Waals surface area (Å²) in [6.45, 7) is 0.192. The second-order valence-corrected chi connectivity index (χ2v) is 4.28. The Bertz CT molecular complexity index is 757. The van der Waals surface area contributed by atoms with Gasteiger partial charge < -0.3 is 9.47 Å². The average molecular weight is 250 g/mol. The van der Waals surface area contributed by atoms with Gasteiger partial charge in [0.25, 0.3) is 0 Å². The van der Waals surface area contributed by atoms with Gasteiger partial charge in [-0.1, -0.05) is 36.4 Å². The summed E-state index contributed by atoms with van der Waals surface area (Å²) < 4.78 is 10.9. The van der Waals surface area contributed by atoms with E-state index in [1.165, 1.54) is 0 Å². The van der Waals surface area contributed by atoms with Crippen molar-refractivity contribution >= 4 is 10.9 Å². The summed E-state index contributed by atoms with van der Waals surface area (Å²) in [5, 5.41) is 0.841. The lowest BCUT2D eigenvalue weighted by Crippen LogP contribution is -2.13. The average Bonchev–Trinajstić information content (AvgIpc) is 2.49. The van der Waals surface area contributed by atoms with E-state index in [2.05, 4.69) is 9.97 Å². The molecule has 0 saturated heterocycles. The first-order valence-electron chi connectivity index (χ1n) is 6.03. The molecule has 1 aromatic heterocycles. The third-order valence-electron chi connectivity index (χ3n) is 3.09. The molecule has 0 amide bonds. The van der Waals surface area contributed by atoms with Crippen LogP contribution in [0.15, 0.2) is 48.5 Å². The number of hydrogen-bond donors (Lipinski definition) is 0. The summed E-state index contributed by atoms with van der Waals surface area (Å²) in [4.78, 5) is 9.07. The Hall–Kier alpha value is -2.62. The summed E-state index contributed by atoms with van der Waals surface area (Å²) in [5.74, 6) is 2.03. The maximum Gasteiger partial charge on any atom is 0.232 e. The quantitative estimate of drug-likeness (QED) is 0.666. The van der Waals surface area contributed by atoms with E-state index in [0.29, 0.717) is 11.7 Å². The zero-order chi connectivity index (χ0) is 12.7. The number of aromatic nitrogens is 2. The number of nitrogens with zero attached hydrogens (tertiary/aromatic N) is 2. The van der Waals surface area contributed by atoms with Crippen molar-refractivity contribution in [1.82, 2.24) is 9.97 Å². The predicted molar refractivity (Wildman–Crippen MR) is 71.1 cm³/mol. The minimum Gasteiger partial charge on any atom is -0.457 e. The standard InChI is InChI=1S/C15H10N2O2/c1-2-5-10(6-3-1)14-16-11-7-4-8-12-13(11)15(17-14)19-9-18-12/h1-8H,9H2. The molecule has 4 heteroatoms. The minimum atomic E-state index is 0.192. The molecule has 0 radical (unpaired) electrons. The fourth-order valence-corrected chi connectivity index (χ4v) is 2.21. The fourth-order valence-electron chi connectivity index (χ4n) is 2.21. The first kappa shape index (κ1) is 10.3. The molecule has 0 aliphatic carbocycles. The van der Waals surface area contributed by atoms with Gasteiger partial charge in [-0.2, -0.15) is 4.98 Å². The number of ether oxygens (including phenoxy) is 2. The number of rotatable bonds is 1. The van der Waals surface area contributed by atoms with E-state index < -0.39 is 0 Å². The van der Waals surface area contributed by atoms with Gasteiger partial charge in [0.2, 0.25) is 12.7 Å². The summed E-state index contributed by atoms with van der Waals surface area (Å²) in [6, 6.07) is 15.6. The molecular weight excluding hydrogens is 240 g/mol. The Kier molecular flexibility index (Phi) is 2.14. The molecule has 19 heavy (non-hydrogen) atoms. The van der Waals surface area contributed by atoms with Gasteiger partial charge in [-0.25, -0.2) is 4.98 Å². The molecule has 0 N–H and O–H groups in total. The van der Waals surface area contributed by atoms with Crippen molar-refractivity contribution in [2.45, 2.75) is 0 Å². The fraction of sp³-hybridized carbons (Fsp3) is 0.0667. The van der Waals surface area contributed by atoms with Gasteiger partial charge in [-0.05, 0) is 12.1 Å². The van der Waals surface area contributed by atoms with Crippen LogP contribution in [0.4, 0.5) is 0 Å². The smallest absolute Gasteiger partial charge is 0.232 e. The Balaban J connectivity index is 2.01. The monoisotopic (exact) mass is 250 g/mol. The molecular formula is C15H10N2O2. The maximum atomic E-state index is 5.48. The van der Waals surface area contributed by atoms with Gasteiger partial charge in [0.15, 0.2) is 5.82 Å². The van der Waals surface area contributed by atoms with E-state index in [1.54, 1.807) is 0 Å². The highest BCUT2D eigenvalue weighted by atomic mass is 16.7. The second kappa shape index (κ2) is 3.95. The van der Waals surface area contributed by atoms with E-state index >= 15 is 0 Å². The summed E-state index contributed by atoms with van der Waals surface area (Å²) in [5.41, 5.74) is 1.81. The van der Waals surface area contributed by atoms with Gasteiger partial charge in [0, 0.05) is 5.56 Å². The van der Waals surface area contributed by atoms with Crippen LogP contribution in [0.25, 0.3) is 22.3 Å². The van der Waals surface area contributed by atoms with E-state index in [1.807, 2.05) is 48.5 Å². The second-order valence-electron chi connectivity index (χ2n) is 4.28. The lowest BCUT2D eigenvalue weighted by molar-refractivity contribution is 0.107. The van der Waals surface area contributed by atoms with Gasteiger partial charge in [0.05, 0.1) is 5.52 Å². The molecule has 4 rings (SSSR count). The first-order valence-corrected chi connectivity index (χ1v) is 6.03. The summed E-state index contributed by atoms with van der Waals surface area (Å²) in [7, 11) is 0. The zero-order valence-electron chi connectivity index (χ0n) is 10.0. The highest BCUT2D eigenvalue weighted by Gasteiger charge is 2.18. The van der Waals surface area contributed by atoms with Crippen molar-refractivity contribution in [3.63, 3.8) is 0 Å². The Labute approximate surface area is 109 Å². The Morgan fingerprint density at radius 2 is 1.74 bits per heavy atom. The Morgan fingerprint density at radius 3 is 2.63 bits per heavy atom. The van der Waals surface area contributed by atoms with E-state index in [9.17, 15) is 0 Å². The molecule has 0 unspecified atom stereocenters. The molecule has 92 valence electrons. The summed E-state index contributed by atoms with van der Waals surface area (Å²) >= 11 is 0. The molecule has 0 fully saturated rings. The molecule has 0 saturated carbocycles. The van der Waals surface area contributed by atoms with Crippen LogP contribution in [0.3, 0.4) is 0 Å². The van der Waals surface area contributed by atoms with Crippen LogP contribution in [0, 0.1) is 0 Å². The topological polar surface area (TPSA) is 44.2 Å². The first-order chi connectivity index (χ1) is 9.42. The van der Waals surface area contributed by atoms with Gasteiger partial charge >= 0.3 is 0 Å². The van der Waals surface area contributed by atoms with Crippen LogP contribution in [-0.4, -0.2) is 16.8 Å². The molecule has 3 aromatic rings. The zero-order valence-corrected chi connectivity index (χ0v) is 10.0. The lowest BCUT2D eigenvalue weighted by atomic mass is 10.1. The highest BCUT2D eigenvalue weighted by Crippen LogP contribution is 2.35. The van der Waals surface area contributed by atoms with Crippen molar-refractivity contribution in [3.05, 3.63) is 48.5 Å². The molecule has 1 aliphatic rings. The Morgan fingerprint density at radius 1 is 0.842 bits per heavy atom. The molecule has 0 atom stereocenters. The maximum absolute atomic E-state index is 5.48. The highest BCUT2D eigenvalue weighted by molar-refractivity contribution is 5.91. The third kappa shape index (κ3) is 1.61. The largest absolute Gasteiger partial charge is 0.457 e. The summed E-state index contributed by atoms with van der Waals surface area (Å²) in [6.07, 6.45) is 0. The minimum absolute atomic E-state index is 0.192. The van der Waals surface area contributed by atoms with Gasteiger partial charge in [-0.15, -0.1) is 0 Å². The van der Waals surface area contributed by atoms with Crippen molar-refractivity contribution in [1.29, 1.82) is 0 Å². The van der Waals surface area contributed by atoms with E-state index in [-0.39, 0.29) is 6.79 Å². The molecule has 2 heterocycles. The van der Waals surface area contributed by atoms with E-state index in [4.69, 9.17) is 9.47 Å². The van der Waals surface area contributed by atoms with Crippen LogP contribution in [0.2, 0.25) is 0 Å². The van der Waals surface area contributed by atoms with Crippen LogP contribution in [0.1, 0.15) is 0 Å². The molecule has 4 nitrogen and oxygen atoms in total. The van der Waals surface area contributed by atoms with Crippen molar-refractivity contribution in [2.75, 3.05) is 6.79 Å². The molecule has 2 aromatic carbocycles. The van der Waals surface area contributed by atoms with Gasteiger partial charge in [-0.3, -0.25) is 0 Å². The van der Waals surface area contributed by atoms with Crippen LogP contribution in [0.5, 0.6) is 11.6 Å². The predicted octanol–water partition coefficient (Wildman–Crippen LogP) is 3.03. The van der Waals surface area contributed by atoms with E-state index in [0.717, 1.165) is 22.2 Å². The van der Waals surface area contributed by atoms with Crippen molar-refractivity contribution < 1.29 is 9.47 Å². The number of benzene rings is 2. The SMILES string of the molecule is c1ccc(-c2nc3c4c(cccc4n2)OCO3)cc1. The molecule has 0 bridgehead atoms. The van der Waals surface area contributed by atoms with Gasteiger partial charge in [0.1, 0.15) is 11.1 Å².